The van der Waals surface area contributed by atoms with Crippen LogP contribution in [0.25, 0.3) is 32.6 Å². The van der Waals surface area contributed by atoms with Gasteiger partial charge in [-0.05, 0) is 31.6 Å². The summed E-state index contributed by atoms with van der Waals surface area (Å²) in [5, 5.41) is 0.386. The number of pyridine rings is 2. The van der Waals surface area contributed by atoms with E-state index in [1.807, 2.05) is 23.4 Å². The number of likely N-dealkylation sites (tertiary alicyclic amines) is 1. The highest BCUT2D eigenvalue weighted by atomic mass is 35.5. The maximum absolute atomic E-state index is 15.0. The van der Waals surface area contributed by atoms with Crippen molar-refractivity contribution in [2.24, 2.45) is 5.41 Å². The Kier molecular flexibility index (Phi) is 5.53. The van der Waals surface area contributed by atoms with Gasteiger partial charge in [-0.25, -0.2) is 14.4 Å². The Labute approximate surface area is 217 Å². The first-order valence-corrected chi connectivity index (χ1v) is 13.0. The molecule has 2 fully saturated rings. The molecule has 0 radical (unpaired) electrons. The number of fused-ring (bicyclic) bond motifs is 1. The lowest BCUT2D eigenvalue weighted by molar-refractivity contribution is -0.136. The third kappa shape index (κ3) is 3.67. The van der Waals surface area contributed by atoms with E-state index >= 15 is 4.39 Å². The van der Waals surface area contributed by atoms with E-state index in [9.17, 15) is 4.79 Å². The molecular formula is C27H23ClFN5OS. The Morgan fingerprint density at radius 1 is 1.25 bits per heavy atom. The molecule has 1 amide bonds. The Balaban J connectivity index is 1.47. The first kappa shape index (κ1) is 23.1. The summed E-state index contributed by atoms with van der Waals surface area (Å²) in [6, 6.07) is 8.58. The van der Waals surface area contributed by atoms with Crippen molar-refractivity contribution in [2.45, 2.75) is 13.3 Å². The molecule has 0 aliphatic carbocycles. The van der Waals surface area contributed by atoms with E-state index in [-0.39, 0.29) is 17.1 Å². The van der Waals surface area contributed by atoms with Gasteiger partial charge in [0.05, 0.1) is 32.1 Å². The molecule has 0 bridgehead atoms. The quantitative estimate of drug-likeness (QED) is 0.321. The zero-order chi connectivity index (χ0) is 25.0. The van der Waals surface area contributed by atoms with E-state index in [1.54, 1.807) is 35.7 Å². The minimum Gasteiger partial charge on any atom is -0.355 e. The fourth-order valence-electron chi connectivity index (χ4n) is 5.35. The van der Waals surface area contributed by atoms with Crippen LogP contribution in [-0.4, -0.2) is 51.9 Å². The molecule has 0 N–H and O–H groups in total. The van der Waals surface area contributed by atoms with Gasteiger partial charge in [0.2, 0.25) is 5.91 Å². The smallest absolute Gasteiger partial charge is 0.245 e. The molecule has 5 heterocycles. The van der Waals surface area contributed by atoms with Crippen molar-refractivity contribution >= 4 is 45.7 Å². The van der Waals surface area contributed by atoms with Gasteiger partial charge in [0.25, 0.3) is 0 Å². The summed E-state index contributed by atoms with van der Waals surface area (Å²) in [5.74, 6) is 0.213. The van der Waals surface area contributed by atoms with Gasteiger partial charge in [0.15, 0.2) is 0 Å². The number of nitrogens with zero attached hydrogens (tertiary/aromatic N) is 5. The summed E-state index contributed by atoms with van der Waals surface area (Å²) in [6.07, 6.45) is 4.06. The van der Waals surface area contributed by atoms with Crippen molar-refractivity contribution in [3.63, 3.8) is 0 Å². The number of carbonyl (C=O) groups is 1. The largest absolute Gasteiger partial charge is 0.355 e. The summed E-state index contributed by atoms with van der Waals surface area (Å²) in [7, 11) is 0. The second kappa shape index (κ2) is 8.64. The van der Waals surface area contributed by atoms with Crippen LogP contribution in [0.2, 0.25) is 5.02 Å². The highest BCUT2D eigenvalue weighted by Crippen LogP contribution is 2.46. The highest BCUT2D eigenvalue weighted by molar-refractivity contribution is 7.13. The zero-order valence-corrected chi connectivity index (χ0v) is 21.2. The predicted molar refractivity (Wildman–Crippen MR) is 142 cm³/mol. The van der Waals surface area contributed by atoms with E-state index in [0.29, 0.717) is 46.1 Å². The lowest BCUT2D eigenvalue weighted by atomic mass is 9.79. The molecule has 6 nitrogen and oxygen atoms in total. The van der Waals surface area contributed by atoms with Gasteiger partial charge in [0, 0.05) is 54.5 Å². The number of amides is 1. The molecule has 36 heavy (non-hydrogen) atoms. The van der Waals surface area contributed by atoms with Crippen molar-refractivity contribution in [1.82, 2.24) is 19.9 Å². The molecule has 2 aliphatic heterocycles. The van der Waals surface area contributed by atoms with Gasteiger partial charge >= 0.3 is 0 Å². The lowest BCUT2D eigenvalue weighted by Crippen LogP contribution is -2.59. The number of halogens is 2. The fraction of sp³-hybridized carbons (Fsp3) is 0.259. The topological polar surface area (TPSA) is 62.2 Å². The van der Waals surface area contributed by atoms with Gasteiger partial charge in [-0.3, -0.25) is 9.78 Å². The monoisotopic (exact) mass is 519 g/mol. The van der Waals surface area contributed by atoms with Crippen LogP contribution < -0.4 is 4.90 Å². The van der Waals surface area contributed by atoms with Crippen LogP contribution >= 0.6 is 22.9 Å². The van der Waals surface area contributed by atoms with Crippen LogP contribution in [0, 0.1) is 18.2 Å². The van der Waals surface area contributed by atoms with Gasteiger partial charge in [-0.2, -0.15) is 0 Å². The minimum atomic E-state index is -0.363. The SMILES string of the molecule is C=CC(=O)N1CC2(CCN(c3nc4cc(-c5scnc5C)cnc4c(-c4ccccc4F)c3Cl)C2)C1. The molecule has 4 aromatic rings. The summed E-state index contributed by atoms with van der Waals surface area (Å²) < 4.78 is 15.0. The summed E-state index contributed by atoms with van der Waals surface area (Å²) in [5.41, 5.74) is 5.80. The lowest BCUT2D eigenvalue weighted by Gasteiger charge is -2.47. The molecule has 0 saturated carbocycles. The Morgan fingerprint density at radius 3 is 2.78 bits per heavy atom. The number of thiazole rings is 1. The molecule has 2 aliphatic rings. The summed E-state index contributed by atoms with van der Waals surface area (Å²) >= 11 is 8.55. The average molecular weight is 520 g/mol. The second-order valence-electron chi connectivity index (χ2n) is 9.53. The number of aryl methyl sites for hydroxylation is 1. The fourth-order valence-corrected chi connectivity index (χ4v) is 6.50. The number of anilines is 1. The average Bonchev–Trinajstić information content (AvgIpc) is 3.50. The number of carbonyl (C=O) groups excluding carboxylic acids is 1. The van der Waals surface area contributed by atoms with E-state index in [2.05, 4.69) is 16.5 Å². The first-order valence-electron chi connectivity index (χ1n) is 11.7. The minimum absolute atomic E-state index is 0.0106. The molecular weight excluding hydrogens is 497 g/mol. The summed E-state index contributed by atoms with van der Waals surface area (Å²) in [6.45, 7) is 8.42. The Morgan fingerprint density at radius 2 is 2.06 bits per heavy atom. The number of benzene rings is 1. The van der Waals surface area contributed by atoms with Gasteiger partial charge in [0.1, 0.15) is 11.6 Å². The van der Waals surface area contributed by atoms with Crippen LogP contribution in [-0.2, 0) is 4.79 Å². The maximum Gasteiger partial charge on any atom is 0.245 e. The molecule has 3 aromatic heterocycles. The molecule has 182 valence electrons. The highest BCUT2D eigenvalue weighted by Gasteiger charge is 2.49. The Bertz CT molecular complexity index is 1530. The van der Waals surface area contributed by atoms with Crippen LogP contribution in [0.4, 0.5) is 10.2 Å². The molecule has 0 atom stereocenters. The van der Waals surface area contributed by atoms with Crippen molar-refractivity contribution in [3.05, 3.63) is 71.2 Å². The van der Waals surface area contributed by atoms with Gasteiger partial charge in [-0.1, -0.05) is 36.4 Å². The van der Waals surface area contributed by atoms with Crippen LogP contribution in [0.1, 0.15) is 12.1 Å². The second-order valence-corrected chi connectivity index (χ2v) is 10.8. The van der Waals surface area contributed by atoms with Gasteiger partial charge < -0.3 is 9.80 Å². The van der Waals surface area contributed by atoms with Crippen molar-refractivity contribution < 1.29 is 9.18 Å². The normalized spacial score (nSPS) is 16.5. The van der Waals surface area contributed by atoms with Crippen molar-refractivity contribution in [2.75, 3.05) is 31.1 Å². The predicted octanol–water partition coefficient (Wildman–Crippen LogP) is 5.75. The molecule has 6 rings (SSSR count). The van der Waals surface area contributed by atoms with Gasteiger partial charge in [-0.15, -0.1) is 11.3 Å². The molecule has 0 unspecified atom stereocenters. The molecule has 9 heteroatoms. The van der Waals surface area contributed by atoms with Crippen molar-refractivity contribution in [3.8, 4) is 21.6 Å². The Hall–Kier alpha value is -3.36. The van der Waals surface area contributed by atoms with Crippen molar-refractivity contribution in [1.29, 1.82) is 0 Å². The third-order valence-electron chi connectivity index (χ3n) is 7.17. The summed E-state index contributed by atoms with van der Waals surface area (Å²) in [4.78, 5) is 31.0. The third-order valence-corrected chi connectivity index (χ3v) is 8.51. The maximum atomic E-state index is 15.0. The van der Waals surface area contributed by atoms with Crippen LogP contribution in [0.3, 0.4) is 0 Å². The van der Waals surface area contributed by atoms with Crippen LogP contribution in [0.5, 0.6) is 0 Å². The first-order chi connectivity index (χ1) is 17.4. The number of hydrogen-bond donors (Lipinski definition) is 0. The number of rotatable bonds is 4. The zero-order valence-electron chi connectivity index (χ0n) is 19.7. The standard InChI is InChI=1S/C27H23ClFN5OS/c1-3-21(35)34-13-27(14-34)8-9-33(12-27)26-23(28)22(18-6-4-5-7-19(18)29)24-20(32-26)10-17(11-30-24)25-16(2)31-15-36-25/h3-7,10-11,15H,1,8-9,12-14H2,2H3. The van der Waals surface area contributed by atoms with E-state index in [1.165, 1.54) is 12.1 Å². The van der Waals surface area contributed by atoms with E-state index in [4.69, 9.17) is 21.6 Å². The number of hydrogen-bond acceptors (Lipinski definition) is 6. The van der Waals surface area contributed by atoms with E-state index in [0.717, 1.165) is 35.6 Å². The van der Waals surface area contributed by atoms with E-state index < -0.39 is 0 Å². The molecule has 2 saturated heterocycles. The van der Waals surface area contributed by atoms with Crippen LogP contribution in [0.15, 0.2) is 54.7 Å². The molecule has 1 aromatic carbocycles. The number of aromatic nitrogens is 3. The molecule has 1 spiro atoms.